The van der Waals surface area contributed by atoms with Crippen LogP contribution in [-0.2, 0) is 14.8 Å². The van der Waals surface area contributed by atoms with Crippen molar-refractivity contribution in [1.82, 2.24) is 0 Å². The summed E-state index contributed by atoms with van der Waals surface area (Å²) in [5, 5.41) is -2.13. The van der Waals surface area contributed by atoms with Crippen LogP contribution in [0.15, 0.2) is 43.6 Å². The Bertz CT molecular complexity index is 829. The summed E-state index contributed by atoms with van der Waals surface area (Å²) in [6.45, 7) is 0. The van der Waals surface area contributed by atoms with Crippen LogP contribution in [0.2, 0.25) is 5.02 Å². The summed E-state index contributed by atoms with van der Waals surface area (Å²) in [6.07, 6.45) is 0. The summed E-state index contributed by atoms with van der Waals surface area (Å²) in [6, 6.07) is 5.23. The first kappa shape index (κ1) is 19.3. The highest BCUT2D eigenvalue weighted by Crippen LogP contribution is 2.42. The molecule has 0 aromatic heterocycles. The van der Waals surface area contributed by atoms with Crippen LogP contribution in [-0.4, -0.2) is 29.6 Å². The SMILES string of the molecule is O=C1C(Cl)=C(Cl)/C(=N\S(=O)(=O)c2ccc(Cl)cc2)C(Cl)C1(Cl)Cl. The van der Waals surface area contributed by atoms with Gasteiger partial charge in [0, 0.05) is 5.02 Å². The number of hydrogen-bond donors (Lipinski definition) is 0. The molecule has 4 nitrogen and oxygen atoms in total. The molecule has 1 aromatic rings. The maximum atomic E-state index is 12.3. The van der Waals surface area contributed by atoms with Crippen molar-refractivity contribution < 1.29 is 13.2 Å². The van der Waals surface area contributed by atoms with Crippen molar-refractivity contribution in [3.8, 4) is 0 Å². The Morgan fingerprint density at radius 2 is 1.52 bits per heavy atom. The lowest BCUT2D eigenvalue weighted by Gasteiger charge is -2.29. The number of halogens is 6. The van der Waals surface area contributed by atoms with E-state index < -0.39 is 41.3 Å². The van der Waals surface area contributed by atoms with E-state index in [2.05, 4.69) is 4.40 Å². The molecule has 1 aliphatic rings. The lowest BCUT2D eigenvalue weighted by molar-refractivity contribution is -0.115. The first-order chi connectivity index (χ1) is 10.5. The second-order valence-corrected chi connectivity index (χ2v) is 8.97. The van der Waals surface area contributed by atoms with Gasteiger partial charge < -0.3 is 0 Å². The molecule has 0 aliphatic heterocycles. The molecule has 0 heterocycles. The third kappa shape index (κ3) is 3.66. The first-order valence-electron chi connectivity index (χ1n) is 5.71. The van der Waals surface area contributed by atoms with Gasteiger partial charge in [0.05, 0.1) is 15.6 Å². The van der Waals surface area contributed by atoms with E-state index in [0.717, 1.165) is 0 Å². The Balaban J connectivity index is 2.61. The average Bonchev–Trinajstić information content (AvgIpc) is 2.49. The van der Waals surface area contributed by atoms with Crippen LogP contribution in [0.25, 0.3) is 0 Å². The Morgan fingerprint density at radius 1 is 1.00 bits per heavy atom. The third-order valence-electron chi connectivity index (χ3n) is 2.81. The number of carbonyl (C=O) groups excluding carboxylic acids is 1. The highest BCUT2D eigenvalue weighted by molar-refractivity contribution is 7.90. The van der Waals surface area contributed by atoms with Crippen molar-refractivity contribution in [3.05, 3.63) is 39.4 Å². The van der Waals surface area contributed by atoms with Crippen LogP contribution >= 0.6 is 69.6 Å². The fourth-order valence-electron chi connectivity index (χ4n) is 1.63. The van der Waals surface area contributed by atoms with E-state index in [4.69, 9.17) is 69.6 Å². The van der Waals surface area contributed by atoms with Gasteiger partial charge in [0.15, 0.2) is 0 Å². The second-order valence-electron chi connectivity index (χ2n) is 4.35. The molecular weight excluding hydrogens is 451 g/mol. The predicted octanol–water partition coefficient (Wildman–Crippen LogP) is 4.52. The maximum Gasteiger partial charge on any atom is 0.282 e. The number of carbonyl (C=O) groups is 1. The van der Waals surface area contributed by atoms with Gasteiger partial charge in [-0.15, -0.1) is 11.6 Å². The molecular formula is C12H5Cl6NO3S. The summed E-state index contributed by atoms with van der Waals surface area (Å²) in [4.78, 5) is 11.7. The predicted molar refractivity (Wildman–Crippen MR) is 93.9 cm³/mol. The topological polar surface area (TPSA) is 63.6 Å². The Kier molecular flexibility index (Phi) is 5.64. The molecule has 11 heteroatoms. The largest absolute Gasteiger partial charge is 0.290 e. The number of Topliss-reactive ketones (excluding diaryl/α,β-unsaturated/α-hetero) is 1. The summed E-state index contributed by atoms with van der Waals surface area (Å²) >= 11 is 35.0. The van der Waals surface area contributed by atoms with Gasteiger partial charge in [0.1, 0.15) is 10.4 Å². The zero-order valence-electron chi connectivity index (χ0n) is 10.7. The summed E-state index contributed by atoms with van der Waals surface area (Å²) in [7, 11) is -4.19. The standard InChI is InChI=1S/C12H5Cl6NO3S/c13-5-1-3-6(4-2-5)23(21,22)19-9-7(14)8(15)11(20)12(17,18)10(9)16/h1-4,10H/b19-9+. The molecule has 1 unspecified atom stereocenters. The van der Waals surface area contributed by atoms with Gasteiger partial charge in [0.25, 0.3) is 10.0 Å². The molecule has 0 bridgehead atoms. The fourth-order valence-corrected chi connectivity index (χ4v) is 4.19. The molecule has 2 rings (SSSR count). The number of benzene rings is 1. The van der Waals surface area contributed by atoms with E-state index >= 15 is 0 Å². The van der Waals surface area contributed by atoms with Gasteiger partial charge in [0.2, 0.25) is 10.1 Å². The fraction of sp³-hybridized carbons (Fsp3) is 0.167. The van der Waals surface area contributed by atoms with Crippen molar-refractivity contribution in [2.24, 2.45) is 4.40 Å². The van der Waals surface area contributed by atoms with Crippen molar-refractivity contribution >= 4 is 91.1 Å². The highest BCUT2D eigenvalue weighted by atomic mass is 35.5. The number of hydrogen-bond acceptors (Lipinski definition) is 3. The molecule has 0 spiro atoms. The minimum atomic E-state index is -4.19. The number of rotatable bonds is 2. The molecule has 0 fully saturated rings. The monoisotopic (exact) mass is 453 g/mol. The summed E-state index contributed by atoms with van der Waals surface area (Å²) in [5.41, 5.74) is -0.419. The second kappa shape index (κ2) is 6.71. The number of alkyl halides is 3. The number of ketones is 1. The van der Waals surface area contributed by atoms with E-state index in [-0.39, 0.29) is 4.90 Å². The van der Waals surface area contributed by atoms with E-state index in [0.29, 0.717) is 5.02 Å². The highest BCUT2D eigenvalue weighted by Gasteiger charge is 2.51. The molecule has 1 atom stereocenters. The van der Waals surface area contributed by atoms with E-state index in [1.54, 1.807) is 0 Å². The van der Waals surface area contributed by atoms with E-state index in [1.807, 2.05) is 0 Å². The zero-order valence-corrected chi connectivity index (χ0v) is 16.1. The van der Waals surface area contributed by atoms with Crippen LogP contribution in [0.5, 0.6) is 0 Å². The lowest BCUT2D eigenvalue weighted by atomic mass is 10.0. The van der Waals surface area contributed by atoms with Gasteiger partial charge >= 0.3 is 0 Å². The molecule has 0 N–H and O–H groups in total. The molecule has 1 aliphatic carbocycles. The Labute approximate surface area is 162 Å². The van der Waals surface area contributed by atoms with E-state index in [9.17, 15) is 13.2 Å². The number of allylic oxidation sites excluding steroid dienone is 2. The lowest BCUT2D eigenvalue weighted by Crippen LogP contribution is -2.45. The summed E-state index contributed by atoms with van der Waals surface area (Å²) in [5.74, 6) is -0.935. The van der Waals surface area contributed by atoms with Gasteiger partial charge in [-0.25, -0.2) is 0 Å². The average molecular weight is 456 g/mol. The molecule has 0 saturated carbocycles. The van der Waals surface area contributed by atoms with Crippen LogP contribution in [0.1, 0.15) is 0 Å². The molecule has 0 saturated heterocycles. The van der Waals surface area contributed by atoms with Crippen LogP contribution in [0.3, 0.4) is 0 Å². The van der Waals surface area contributed by atoms with Gasteiger partial charge in [-0.3, -0.25) is 4.79 Å². The molecule has 0 radical (unpaired) electrons. The first-order valence-corrected chi connectivity index (χ1v) is 9.48. The van der Waals surface area contributed by atoms with Gasteiger partial charge in [-0.05, 0) is 24.3 Å². The van der Waals surface area contributed by atoms with Crippen molar-refractivity contribution in [1.29, 1.82) is 0 Å². The molecule has 0 amide bonds. The summed E-state index contributed by atoms with van der Waals surface area (Å²) < 4.78 is 26.0. The Hall–Kier alpha value is -0.0100. The smallest absolute Gasteiger partial charge is 0.282 e. The minimum absolute atomic E-state index is 0.162. The van der Waals surface area contributed by atoms with Crippen LogP contribution < -0.4 is 0 Å². The third-order valence-corrected chi connectivity index (χ3v) is 6.74. The van der Waals surface area contributed by atoms with Crippen molar-refractivity contribution in [2.45, 2.75) is 14.6 Å². The van der Waals surface area contributed by atoms with Crippen molar-refractivity contribution in [2.75, 3.05) is 0 Å². The normalized spacial score (nSPS) is 23.5. The minimum Gasteiger partial charge on any atom is -0.290 e. The van der Waals surface area contributed by atoms with Gasteiger partial charge in [-0.2, -0.15) is 12.8 Å². The molecule has 1 aromatic carbocycles. The maximum absolute atomic E-state index is 12.3. The quantitative estimate of drug-likeness (QED) is 0.616. The van der Waals surface area contributed by atoms with Crippen molar-refractivity contribution in [3.63, 3.8) is 0 Å². The number of nitrogens with zero attached hydrogens (tertiary/aromatic N) is 1. The number of sulfonamides is 1. The Morgan fingerprint density at radius 3 is 2.04 bits per heavy atom. The van der Waals surface area contributed by atoms with E-state index in [1.165, 1.54) is 24.3 Å². The molecule has 23 heavy (non-hydrogen) atoms. The van der Waals surface area contributed by atoms with Crippen LogP contribution in [0.4, 0.5) is 0 Å². The van der Waals surface area contributed by atoms with Crippen LogP contribution in [0, 0.1) is 0 Å². The zero-order chi connectivity index (χ0) is 17.6. The molecule has 124 valence electrons. The van der Waals surface area contributed by atoms with Gasteiger partial charge in [-0.1, -0.05) is 58.0 Å².